The lowest BCUT2D eigenvalue weighted by Gasteiger charge is -2.06. The van der Waals surface area contributed by atoms with Gasteiger partial charge in [-0.3, -0.25) is 0 Å². The summed E-state index contributed by atoms with van der Waals surface area (Å²) in [5.41, 5.74) is 3.03. The van der Waals surface area contributed by atoms with Gasteiger partial charge in [0, 0.05) is 12.1 Å². The number of esters is 1. The predicted octanol–water partition coefficient (Wildman–Crippen LogP) is 3.47. The van der Waals surface area contributed by atoms with Gasteiger partial charge in [0.25, 0.3) is 0 Å². The highest BCUT2D eigenvalue weighted by atomic mass is 16.5. The van der Waals surface area contributed by atoms with E-state index in [0.717, 1.165) is 11.1 Å². The predicted molar refractivity (Wildman–Crippen MR) is 79.4 cm³/mol. The van der Waals surface area contributed by atoms with E-state index in [1.165, 1.54) is 0 Å². The summed E-state index contributed by atoms with van der Waals surface area (Å²) in [7, 11) is 0. The fourth-order valence-corrected chi connectivity index (χ4v) is 1.92. The molecular formula is C17H17NO2. The van der Waals surface area contributed by atoms with Crippen LogP contribution in [0, 0.1) is 5.41 Å². The second kappa shape index (κ2) is 6.66. The average molecular weight is 267 g/mol. The van der Waals surface area contributed by atoms with Gasteiger partial charge in [0.2, 0.25) is 0 Å². The van der Waals surface area contributed by atoms with Crippen molar-refractivity contribution in [1.29, 1.82) is 5.41 Å². The van der Waals surface area contributed by atoms with Gasteiger partial charge in [-0.05, 0) is 30.2 Å². The Kier molecular flexibility index (Phi) is 4.66. The van der Waals surface area contributed by atoms with E-state index >= 15 is 0 Å². The third kappa shape index (κ3) is 3.54. The Morgan fingerprint density at radius 3 is 2.25 bits per heavy atom. The number of nitrogens with one attached hydrogen (secondary N) is 1. The maximum atomic E-state index is 11.5. The number of carbonyl (C=O) groups excluding carboxylic acids is 1. The minimum Gasteiger partial charge on any atom is -0.462 e. The van der Waals surface area contributed by atoms with Crippen molar-refractivity contribution in [3.63, 3.8) is 0 Å². The fraction of sp³-hybridized carbons (Fsp3) is 0.176. The van der Waals surface area contributed by atoms with Crippen LogP contribution in [0.1, 0.15) is 28.4 Å². The molecule has 0 heterocycles. The molecule has 2 aromatic rings. The first kappa shape index (κ1) is 14.0. The summed E-state index contributed by atoms with van der Waals surface area (Å²) in [6, 6.07) is 16.8. The zero-order valence-corrected chi connectivity index (χ0v) is 11.4. The van der Waals surface area contributed by atoms with Crippen molar-refractivity contribution < 1.29 is 9.53 Å². The maximum absolute atomic E-state index is 11.5. The molecule has 20 heavy (non-hydrogen) atoms. The molecule has 0 saturated heterocycles. The second-order valence-electron chi connectivity index (χ2n) is 4.44. The molecule has 0 aliphatic carbocycles. The molecule has 2 aromatic carbocycles. The van der Waals surface area contributed by atoms with Crippen molar-refractivity contribution >= 4 is 11.7 Å². The van der Waals surface area contributed by atoms with Crippen molar-refractivity contribution in [1.82, 2.24) is 0 Å². The van der Waals surface area contributed by atoms with Crippen LogP contribution in [0.2, 0.25) is 0 Å². The fourth-order valence-electron chi connectivity index (χ4n) is 1.92. The summed E-state index contributed by atoms with van der Waals surface area (Å²) >= 11 is 0. The quantitative estimate of drug-likeness (QED) is 0.666. The summed E-state index contributed by atoms with van der Waals surface area (Å²) < 4.78 is 4.94. The van der Waals surface area contributed by atoms with Crippen LogP contribution in [0.15, 0.2) is 54.6 Å². The molecule has 3 nitrogen and oxygen atoms in total. The monoisotopic (exact) mass is 267 g/mol. The van der Waals surface area contributed by atoms with Gasteiger partial charge in [-0.2, -0.15) is 0 Å². The van der Waals surface area contributed by atoms with Gasteiger partial charge in [0.1, 0.15) is 0 Å². The molecule has 0 radical (unpaired) electrons. The van der Waals surface area contributed by atoms with Crippen LogP contribution < -0.4 is 0 Å². The number of carbonyl (C=O) groups is 1. The molecule has 0 aliphatic heterocycles. The van der Waals surface area contributed by atoms with E-state index in [9.17, 15) is 4.79 Å². The summed E-state index contributed by atoms with van der Waals surface area (Å²) in [5.74, 6) is -0.308. The third-order valence-corrected chi connectivity index (χ3v) is 2.97. The normalized spacial score (nSPS) is 10.1. The molecule has 1 N–H and O–H groups in total. The average Bonchev–Trinajstić information content (AvgIpc) is 2.49. The standard InChI is InChI=1S/C17H17NO2/c1-2-20-17(19)15-10-8-13(9-11-15)12-16(18)14-6-4-3-5-7-14/h3-11,18H,2,12H2,1H3. The van der Waals surface area contributed by atoms with Crippen LogP contribution in [-0.2, 0) is 11.2 Å². The Hall–Kier alpha value is -2.42. The third-order valence-electron chi connectivity index (χ3n) is 2.97. The highest BCUT2D eigenvalue weighted by Gasteiger charge is 2.07. The summed E-state index contributed by atoms with van der Waals surface area (Å²) in [6.45, 7) is 2.16. The van der Waals surface area contributed by atoms with E-state index in [0.29, 0.717) is 24.3 Å². The number of benzene rings is 2. The van der Waals surface area contributed by atoms with Gasteiger partial charge in [0.05, 0.1) is 12.2 Å². The number of rotatable bonds is 5. The van der Waals surface area contributed by atoms with Crippen LogP contribution in [0.3, 0.4) is 0 Å². The molecule has 0 saturated carbocycles. The van der Waals surface area contributed by atoms with Crippen molar-refractivity contribution in [3.05, 3.63) is 71.3 Å². The van der Waals surface area contributed by atoms with Crippen LogP contribution in [0.4, 0.5) is 0 Å². The van der Waals surface area contributed by atoms with Crippen LogP contribution in [0.25, 0.3) is 0 Å². The number of hydrogen-bond donors (Lipinski definition) is 1. The Bertz CT molecular complexity index is 588. The van der Waals surface area contributed by atoms with Gasteiger partial charge in [-0.25, -0.2) is 4.79 Å². The van der Waals surface area contributed by atoms with E-state index < -0.39 is 0 Å². The molecule has 0 bridgehead atoms. The largest absolute Gasteiger partial charge is 0.462 e. The first-order valence-corrected chi connectivity index (χ1v) is 6.59. The number of hydrogen-bond acceptors (Lipinski definition) is 3. The molecular weight excluding hydrogens is 250 g/mol. The molecule has 0 amide bonds. The van der Waals surface area contributed by atoms with Gasteiger partial charge < -0.3 is 10.1 Å². The lowest BCUT2D eigenvalue weighted by atomic mass is 10.0. The van der Waals surface area contributed by atoms with E-state index in [2.05, 4.69) is 0 Å². The highest BCUT2D eigenvalue weighted by Crippen LogP contribution is 2.10. The molecule has 0 fully saturated rings. The summed E-state index contributed by atoms with van der Waals surface area (Å²) in [5, 5.41) is 8.08. The highest BCUT2D eigenvalue weighted by molar-refractivity contribution is 5.99. The van der Waals surface area contributed by atoms with Crippen LogP contribution in [0.5, 0.6) is 0 Å². The number of ether oxygens (including phenoxy) is 1. The van der Waals surface area contributed by atoms with Gasteiger partial charge in [0.15, 0.2) is 0 Å². The van der Waals surface area contributed by atoms with E-state index in [1.807, 2.05) is 42.5 Å². The Morgan fingerprint density at radius 2 is 1.65 bits per heavy atom. The molecule has 0 unspecified atom stereocenters. The Labute approximate surface area is 118 Å². The molecule has 102 valence electrons. The molecule has 0 spiro atoms. The van der Waals surface area contributed by atoms with Crippen molar-refractivity contribution in [2.45, 2.75) is 13.3 Å². The second-order valence-corrected chi connectivity index (χ2v) is 4.44. The van der Waals surface area contributed by atoms with E-state index in [1.54, 1.807) is 19.1 Å². The lowest BCUT2D eigenvalue weighted by Crippen LogP contribution is -2.06. The summed E-state index contributed by atoms with van der Waals surface area (Å²) in [4.78, 5) is 11.5. The SMILES string of the molecule is CCOC(=O)c1ccc(CC(=N)c2ccccc2)cc1. The van der Waals surface area contributed by atoms with E-state index in [-0.39, 0.29) is 5.97 Å². The lowest BCUT2D eigenvalue weighted by molar-refractivity contribution is 0.0526. The molecule has 3 heteroatoms. The van der Waals surface area contributed by atoms with Gasteiger partial charge in [-0.1, -0.05) is 42.5 Å². The minimum atomic E-state index is -0.308. The first-order chi connectivity index (χ1) is 9.70. The Morgan fingerprint density at radius 1 is 1.00 bits per heavy atom. The van der Waals surface area contributed by atoms with Crippen LogP contribution in [-0.4, -0.2) is 18.3 Å². The maximum Gasteiger partial charge on any atom is 0.338 e. The van der Waals surface area contributed by atoms with Gasteiger partial charge >= 0.3 is 5.97 Å². The van der Waals surface area contributed by atoms with Crippen LogP contribution >= 0.6 is 0 Å². The molecule has 2 rings (SSSR count). The molecule has 0 atom stereocenters. The van der Waals surface area contributed by atoms with Crippen molar-refractivity contribution in [3.8, 4) is 0 Å². The van der Waals surface area contributed by atoms with Crippen molar-refractivity contribution in [2.75, 3.05) is 6.61 Å². The van der Waals surface area contributed by atoms with E-state index in [4.69, 9.17) is 10.1 Å². The first-order valence-electron chi connectivity index (χ1n) is 6.59. The summed E-state index contributed by atoms with van der Waals surface area (Å²) in [6.07, 6.45) is 0.549. The minimum absolute atomic E-state index is 0.308. The molecule has 0 aromatic heterocycles. The smallest absolute Gasteiger partial charge is 0.338 e. The topological polar surface area (TPSA) is 50.2 Å². The van der Waals surface area contributed by atoms with Crippen molar-refractivity contribution in [2.24, 2.45) is 0 Å². The molecule has 0 aliphatic rings. The zero-order valence-electron chi connectivity index (χ0n) is 11.4. The Balaban J connectivity index is 2.04. The zero-order chi connectivity index (χ0) is 14.4. The van der Waals surface area contributed by atoms with Gasteiger partial charge in [-0.15, -0.1) is 0 Å².